The minimum absolute atomic E-state index is 0.185. The quantitative estimate of drug-likeness (QED) is 0.572. The number of aryl methyl sites for hydroxylation is 2. The second-order valence-corrected chi connectivity index (χ2v) is 9.70. The summed E-state index contributed by atoms with van der Waals surface area (Å²) in [5.41, 5.74) is 1.84. The van der Waals surface area contributed by atoms with Gasteiger partial charge >= 0.3 is 0 Å². The number of benzene rings is 2. The number of carbonyl (C=O) groups is 1. The van der Waals surface area contributed by atoms with Crippen LogP contribution in [0.25, 0.3) is 0 Å². The van der Waals surface area contributed by atoms with Gasteiger partial charge in [-0.2, -0.15) is 0 Å². The third kappa shape index (κ3) is 5.01. The van der Waals surface area contributed by atoms with Crippen molar-refractivity contribution in [2.75, 3.05) is 18.0 Å². The average Bonchev–Trinajstić information content (AvgIpc) is 3.26. The molecule has 158 valence electrons. The molecular weight excluding hydrogens is 420 g/mol. The van der Waals surface area contributed by atoms with E-state index in [0.29, 0.717) is 23.5 Å². The minimum atomic E-state index is -3.96. The van der Waals surface area contributed by atoms with Crippen LogP contribution >= 0.6 is 11.3 Å². The van der Waals surface area contributed by atoms with Crippen molar-refractivity contribution in [3.63, 3.8) is 0 Å². The van der Waals surface area contributed by atoms with Crippen LogP contribution in [0.5, 0.6) is 5.75 Å². The van der Waals surface area contributed by atoms with Crippen molar-refractivity contribution in [1.29, 1.82) is 0 Å². The van der Waals surface area contributed by atoms with Crippen LogP contribution in [0, 0.1) is 13.8 Å². The summed E-state index contributed by atoms with van der Waals surface area (Å²) in [6.45, 7) is 3.61. The predicted octanol–water partition coefficient (Wildman–Crippen LogP) is 3.89. The number of amides is 1. The summed E-state index contributed by atoms with van der Waals surface area (Å²) in [6, 6.07) is 15.7. The van der Waals surface area contributed by atoms with Crippen molar-refractivity contribution in [2.45, 2.75) is 25.3 Å². The van der Waals surface area contributed by atoms with E-state index in [1.165, 1.54) is 18.4 Å². The number of carbonyl (C=O) groups excluding carboxylic acids is 1. The molecule has 0 radical (unpaired) electrons. The largest absolute Gasteiger partial charge is 0.497 e. The van der Waals surface area contributed by atoms with E-state index in [1.807, 2.05) is 30.5 Å². The fraction of sp³-hybridized carbons (Fsp3) is 0.227. The van der Waals surface area contributed by atoms with Crippen LogP contribution in [-0.2, 0) is 21.4 Å². The molecule has 0 unspecified atom stereocenters. The molecule has 8 heteroatoms. The monoisotopic (exact) mass is 444 g/mol. The van der Waals surface area contributed by atoms with Gasteiger partial charge in [-0.3, -0.25) is 9.10 Å². The second-order valence-electron chi connectivity index (χ2n) is 6.83. The Bertz CT molecular complexity index is 1110. The fourth-order valence-corrected chi connectivity index (χ4v) is 5.33. The van der Waals surface area contributed by atoms with E-state index in [4.69, 9.17) is 4.74 Å². The molecule has 0 bridgehead atoms. The topological polar surface area (TPSA) is 75.7 Å². The standard InChI is InChI=1S/C22H24N2O4S2/c1-16-6-7-17(2)21(13-16)30(26,27)24(18-8-10-19(28-3)11-9-18)15-22(25)23-14-20-5-4-12-29-20/h4-13H,14-15H2,1-3H3,(H,23,25). The van der Waals surface area contributed by atoms with Gasteiger partial charge in [0.2, 0.25) is 5.91 Å². The first kappa shape index (κ1) is 21.9. The predicted molar refractivity (Wildman–Crippen MR) is 120 cm³/mol. The molecule has 0 saturated heterocycles. The summed E-state index contributed by atoms with van der Waals surface area (Å²) in [4.78, 5) is 13.8. The summed E-state index contributed by atoms with van der Waals surface area (Å²) in [6.07, 6.45) is 0. The molecule has 30 heavy (non-hydrogen) atoms. The van der Waals surface area contributed by atoms with Crippen LogP contribution in [0.4, 0.5) is 5.69 Å². The van der Waals surface area contributed by atoms with Gasteiger partial charge in [-0.25, -0.2) is 8.42 Å². The molecule has 2 aromatic carbocycles. The molecule has 0 aliphatic heterocycles. The summed E-state index contributed by atoms with van der Waals surface area (Å²) in [5, 5.41) is 4.72. The van der Waals surface area contributed by atoms with Crippen molar-refractivity contribution in [2.24, 2.45) is 0 Å². The summed E-state index contributed by atoms with van der Waals surface area (Å²) < 4.78 is 33.4. The molecular formula is C22H24N2O4S2. The third-order valence-electron chi connectivity index (χ3n) is 4.60. The molecule has 1 heterocycles. The van der Waals surface area contributed by atoms with Crippen LogP contribution in [0.3, 0.4) is 0 Å². The fourth-order valence-electron chi connectivity index (χ4n) is 2.95. The lowest BCUT2D eigenvalue weighted by molar-refractivity contribution is -0.119. The van der Waals surface area contributed by atoms with Crippen LogP contribution in [-0.4, -0.2) is 28.0 Å². The lowest BCUT2D eigenvalue weighted by atomic mass is 10.2. The molecule has 0 aliphatic rings. The van der Waals surface area contributed by atoms with Gasteiger partial charge in [0.1, 0.15) is 12.3 Å². The lowest BCUT2D eigenvalue weighted by Gasteiger charge is -2.25. The van der Waals surface area contributed by atoms with Gasteiger partial charge in [0, 0.05) is 4.88 Å². The minimum Gasteiger partial charge on any atom is -0.497 e. The second kappa shape index (κ2) is 9.32. The maximum atomic E-state index is 13.5. The first-order valence-corrected chi connectivity index (χ1v) is 11.7. The third-order valence-corrected chi connectivity index (χ3v) is 7.39. The molecule has 3 aromatic rings. The number of nitrogens with one attached hydrogen (secondary N) is 1. The first-order chi connectivity index (χ1) is 14.3. The van der Waals surface area contributed by atoms with Crippen LogP contribution in [0.2, 0.25) is 0 Å². The highest BCUT2D eigenvalue weighted by molar-refractivity contribution is 7.93. The average molecular weight is 445 g/mol. The number of sulfonamides is 1. The van der Waals surface area contributed by atoms with E-state index < -0.39 is 10.0 Å². The zero-order chi connectivity index (χ0) is 21.7. The molecule has 1 N–H and O–H groups in total. The Labute approximate surface area is 181 Å². The molecule has 3 rings (SSSR count). The molecule has 1 amide bonds. The van der Waals surface area contributed by atoms with Gasteiger partial charge < -0.3 is 10.1 Å². The van der Waals surface area contributed by atoms with Gasteiger partial charge in [-0.05, 0) is 66.8 Å². The van der Waals surface area contributed by atoms with E-state index in [9.17, 15) is 13.2 Å². The van der Waals surface area contributed by atoms with Gasteiger partial charge in [0.05, 0.1) is 24.2 Å². The Morgan fingerprint density at radius 1 is 1.10 bits per heavy atom. The van der Waals surface area contributed by atoms with Crippen molar-refractivity contribution >= 4 is 33.0 Å². The van der Waals surface area contributed by atoms with E-state index in [1.54, 1.807) is 43.3 Å². The van der Waals surface area contributed by atoms with Gasteiger partial charge in [-0.15, -0.1) is 11.3 Å². The number of ether oxygens (including phenoxy) is 1. The van der Waals surface area contributed by atoms with Crippen LogP contribution in [0.15, 0.2) is 64.9 Å². The van der Waals surface area contributed by atoms with E-state index in [2.05, 4.69) is 5.32 Å². The molecule has 0 aliphatic carbocycles. The number of methoxy groups -OCH3 is 1. The Morgan fingerprint density at radius 3 is 2.47 bits per heavy atom. The normalized spacial score (nSPS) is 11.2. The maximum Gasteiger partial charge on any atom is 0.265 e. The molecule has 0 spiro atoms. The maximum absolute atomic E-state index is 13.5. The highest BCUT2D eigenvalue weighted by Gasteiger charge is 2.28. The molecule has 0 atom stereocenters. The smallest absolute Gasteiger partial charge is 0.265 e. The van der Waals surface area contributed by atoms with E-state index in [0.717, 1.165) is 14.7 Å². The summed E-state index contributed by atoms with van der Waals surface area (Å²) in [7, 11) is -2.42. The Kier molecular flexibility index (Phi) is 6.79. The van der Waals surface area contributed by atoms with Crippen LogP contribution in [0.1, 0.15) is 16.0 Å². The van der Waals surface area contributed by atoms with E-state index >= 15 is 0 Å². The Balaban J connectivity index is 1.93. The number of hydrogen-bond donors (Lipinski definition) is 1. The van der Waals surface area contributed by atoms with Gasteiger partial charge in [0.25, 0.3) is 10.0 Å². The number of anilines is 1. The van der Waals surface area contributed by atoms with Crippen LogP contribution < -0.4 is 14.4 Å². The summed E-state index contributed by atoms with van der Waals surface area (Å²) in [5.74, 6) is 0.220. The van der Waals surface area contributed by atoms with Crippen molar-refractivity contribution in [1.82, 2.24) is 5.32 Å². The lowest BCUT2D eigenvalue weighted by Crippen LogP contribution is -2.40. The number of rotatable bonds is 8. The molecule has 0 fully saturated rings. The zero-order valence-electron chi connectivity index (χ0n) is 17.1. The molecule has 0 saturated carbocycles. The SMILES string of the molecule is COc1ccc(N(CC(=O)NCc2cccs2)S(=O)(=O)c2cc(C)ccc2C)cc1. The highest BCUT2D eigenvalue weighted by Crippen LogP contribution is 2.28. The molecule has 6 nitrogen and oxygen atoms in total. The molecule has 1 aromatic heterocycles. The van der Waals surface area contributed by atoms with Crippen molar-refractivity contribution in [3.05, 3.63) is 76.0 Å². The Hall–Kier alpha value is -2.84. The number of thiophene rings is 1. The zero-order valence-corrected chi connectivity index (χ0v) is 18.7. The Morgan fingerprint density at radius 2 is 1.83 bits per heavy atom. The number of hydrogen-bond acceptors (Lipinski definition) is 5. The number of nitrogens with zero attached hydrogens (tertiary/aromatic N) is 1. The van der Waals surface area contributed by atoms with Crippen molar-refractivity contribution in [3.8, 4) is 5.75 Å². The summed E-state index contributed by atoms with van der Waals surface area (Å²) >= 11 is 1.53. The van der Waals surface area contributed by atoms with E-state index in [-0.39, 0.29) is 17.3 Å². The van der Waals surface area contributed by atoms with Gasteiger partial charge in [-0.1, -0.05) is 18.2 Å². The first-order valence-electron chi connectivity index (χ1n) is 9.34. The highest BCUT2D eigenvalue weighted by atomic mass is 32.2. The van der Waals surface area contributed by atoms with Gasteiger partial charge in [0.15, 0.2) is 0 Å². The van der Waals surface area contributed by atoms with Crippen molar-refractivity contribution < 1.29 is 17.9 Å².